The topological polar surface area (TPSA) is 90.2 Å². The van der Waals surface area contributed by atoms with E-state index in [1.807, 2.05) is 36.4 Å². The Morgan fingerprint density at radius 3 is 2.58 bits per heavy atom. The molecule has 100 valence electrons. The fourth-order valence-corrected chi connectivity index (χ4v) is 1.64. The number of carbonyl (C=O) groups excluding carboxylic acids is 1. The van der Waals surface area contributed by atoms with E-state index in [0.717, 1.165) is 5.56 Å². The van der Waals surface area contributed by atoms with Gasteiger partial charge in [-0.05, 0) is 18.4 Å². The van der Waals surface area contributed by atoms with Crippen LogP contribution in [0.4, 0.5) is 0 Å². The number of hydrogen-bond donors (Lipinski definition) is 2. The number of rotatable bonds is 7. The maximum absolute atomic E-state index is 11.6. The Kier molecular flexibility index (Phi) is 6.10. The van der Waals surface area contributed by atoms with Gasteiger partial charge in [-0.2, -0.15) is 5.26 Å². The second-order valence-corrected chi connectivity index (χ2v) is 4.14. The van der Waals surface area contributed by atoms with E-state index in [9.17, 15) is 9.59 Å². The lowest BCUT2D eigenvalue weighted by molar-refractivity contribution is -0.142. The summed E-state index contributed by atoms with van der Waals surface area (Å²) in [6.07, 6.45) is 1.04. The third-order valence-electron chi connectivity index (χ3n) is 2.66. The molecule has 0 fully saturated rings. The van der Waals surface area contributed by atoms with Crippen LogP contribution in [0.25, 0.3) is 0 Å². The van der Waals surface area contributed by atoms with E-state index < -0.39 is 12.0 Å². The standard InChI is InChI=1S/C14H16N2O3/c15-10-4-7-12(14(18)19)16-13(17)9-8-11-5-2-1-3-6-11/h1-3,5-6,12H,4,7-9H2,(H,16,17)(H,18,19)/t12-/m1/s1. The Morgan fingerprint density at radius 1 is 1.32 bits per heavy atom. The SMILES string of the molecule is N#CCC[C@@H](NC(=O)CCc1ccccc1)C(=O)O. The summed E-state index contributed by atoms with van der Waals surface area (Å²) in [6.45, 7) is 0. The molecule has 0 aliphatic heterocycles. The quantitative estimate of drug-likeness (QED) is 0.777. The van der Waals surface area contributed by atoms with E-state index in [2.05, 4.69) is 5.32 Å². The number of aliphatic carboxylic acids is 1. The molecule has 0 bridgehead atoms. The molecular formula is C14H16N2O3. The lowest BCUT2D eigenvalue weighted by Gasteiger charge is -2.12. The number of nitrogens with zero attached hydrogens (tertiary/aromatic N) is 1. The first kappa shape index (κ1) is 14.7. The number of nitrogens with one attached hydrogen (secondary N) is 1. The lowest BCUT2D eigenvalue weighted by atomic mass is 10.1. The highest BCUT2D eigenvalue weighted by atomic mass is 16.4. The fraction of sp³-hybridized carbons (Fsp3) is 0.357. The molecule has 2 N–H and O–H groups in total. The zero-order valence-electron chi connectivity index (χ0n) is 10.5. The molecule has 1 atom stereocenters. The Bertz CT molecular complexity index is 465. The molecule has 0 saturated carbocycles. The summed E-state index contributed by atoms with van der Waals surface area (Å²) in [4.78, 5) is 22.5. The minimum absolute atomic E-state index is 0.107. The summed E-state index contributed by atoms with van der Waals surface area (Å²) in [5.41, 5.74) is 1.03. The summed E-state index contributed by atoms with van der Waals surface area (Å²) in [7, 11) is 0. The zero-order chi connectivity index (χ0) is 14.1. The van der Waals surface area contributed by atoms with Crippen LogP contribution in [0.5, 0.6) is 0 Å². The fourth-order valence-electron chi connectivity index (χ4n) is 1.64. The first-order chi connectivity index (χ1) is 9.13. The number of carboxylic acid groups (broad SMARTS) is 1. The van der Waals surface area contributed by atoms with Crippen molar-refractivity contribution in [2.75, 3.05) is 0 Å². The molecule has 0 aliphatic carbocycles. The minimum atomic E-state index is -1.11. The number of carboxylic acids is 1. The molecular weight excluding hydrogens is 244 g/mol. The summed E-state index contributed by atoms with van der Waals surface area (Å²) in [5, 5.41) is 19.8. The molecule has 1 amide bonds. The van der Waals surface area contributed by atoms with Gasteiger partial charge in [0.2, 0.25) is 5.91 Å². The van der Waals surface area contributed by atoms with Crippen LogP contribution in [-0.2, 0) is 16.0 Å². The second kappa shape index (κ2) is 7.88. The molecule has 0 aliphatic rings. The van der Waals surface area contributed by atoms with Gasteiger partial charge in [-0.3, -0.25) is 4.79 Å². The van der Waals surface area contributed by atoms with Crippen LogP contribution in [0.15, 0.2) is 30.3 Å². The van der Waals surface area contributed by atoms with E-state index in [1.54, 1.807) is 0 Å². The molecule has 0 saturated heterocycles. The average molecular weight is 260 g/mol. The van der Waals surface area contributed by atoms with Crippen LogP contribution < -0.4 is 5.32 Å². The van der Waals surface area contributed by atoms with Crippen molar-refractivity contribution in [3.8, 4) is 6.07 Å². The number of amides is 1. The van der Waals surface area contributed by atoms with Crippen LogP contribution in [0.3, 0.4) is 0 Å². The van der Waals surface area contributed by atoms with Gasteiger partial charge >= 0.3 is 5.97 Å². The van der Waals surface area contributed by atoms with Crippen molar-refractivity contribution in [3.63, 3.8) is 0 Å². The zero-order valence-corrected chi connectivity index (χ0v) is 10.5. The smallest absolute Gasteiger partial charge is 0.326 e. The van der Waals surface area contributed by atoms with Crippen molar-refractivity contribution in [3.05, 3.63) is 35.9 Å². The number of nitriles is 1. The highest BCUT2D eigenvalue weighted by Gasteiger charge is 2.18. The van der Waals surface area contributed by atoms with Crippen molar-refractivity contribution >= 4 is 11.9 Å². The van der Waals surface area contributed by atoms with Crippen molar-refractivity contribution in [2.24, 2.45) is 0 Å². The molecule has 0 heterocycles. The van der Waals surface area contributed by atoms with E-state index >= 15 is 0 Å². The largest absolute Gasteiger partial charge is 0.480 e. The van der Waals surface area contributed by atoms with Gasteiger partial charge in [-0.25, -0.2) is 4.79 Å². The second-order valence-electron chi connectivity index (χ2n) is 4.14. The van der Waals surface area contributed by atoms with Gasteiger partial charge in [0.15, 0.2) is 0 Å². The van der Waals surface area contributed by atoms with Gasteiger partial charge in [0, 0.05) is 12.8 Å². The number of carbonyl (C=O) groups is 2. The first-order valence-corrected chi connectivity index (χ1v) is 6.06. The van der Waals surface area contributed by atoms with E-state index in [-0.39, 0.29) is 25.2 Å². The number of benzene rings is 1. The van der Waals surface area contributed by atoms with Gasteiger partial charge < -0.3 is 10.4 Å². The van der Waals surface area contributed by atoms with Crippen LogP contribution in [0.2, 0.25) is 0 Å². The normalized spacial score (nSPS) is 11.3. The maximum Gasteiger partial charge on any atom is 0.326 e. The van der Waals surface area contributed by atoms with Crippen LogP contribution in [0.1, 0.15) is 24.8 Å². The molecule has 1 rings (SSSR count). The van der Waals surface area contributed by atoms with E-state index in [4.69, 9.17) is 10.4 Å². The molecule has 5 nitrogen and oxygen atoms in total. The maximum atomic E-state index is 11.6. The Morgan fingerprint density at radius 2 is 2.00 bits per heavy atom. The van der Waals surface area contributed by atoms with Crippen molar-refractivity contribution in [1.29, 1.82) is 5.26 Å². The molecule has 19 heavy (non-hydrogen) atoms. The number of hydrogen-bond acceptors (Lipinski definition) is 3. The molecule has 1 aromatic carbocycles. The highest BCUT2D eigenvalue weighted by Crippen LogP contribution is 2.03. The summed E-state index contributed by atoms with van der Waals surface area (Å²) >= 11 is 0. The minimum Gasteiger partial charge on any atom is -0.480 e. The van der Waals surface area contributed by atoms with Crippen LogP contribution >= 0.6 is 0 Å². The Labute approximate surface area is 111 Å². The first-order valence-electron chi connectivity index (χ1n) is 6.06. The van der Waals surface area contributed by atoms with Crippen molar-refractivity contribution in [2.45, 2.75) is 31.7 Å². The molecule has 0 radical (unpaired) electrons. The van der Waals surface area contributed by atoms with Gasteiger partial charge in [0.05, 0.1) is 6.07 Å². The predicted molar refractivity (Wildman–Crippen MR) is 69.2 cm³/mol. The molecule has 5 heteroatoms. The summed E-state index contributed by atoms with van der Waals surface area (Å²) < 4.78 is 0. The van der Waals surface area contributed by atoms with Crippen LogP contribution in [0, 0.1) is 11.3 Å². The third kappa shape index (κ3) is 5.68. The highest BCUT2D eigenvalue weighted by molar-refractivity contribution is 5.83. The molecule has 0 spiro atoms. The Balaban J connectivity index is 2.40. The van der Waals surface area contributed by atoms with Crippen LogP contribution in [-0.4, -0.2) is 23.0 Å². The predicted octanol–water partition coefficient (Wildman–Crippen LogP) is 1.49. The molecule has 0 aromatic heterocycles. The van der Waals surface area contributed by atoms with E-state index in [0.29, 0.717) is 6.42 Å². The molecule has 0 unspecified atom stereocenters. The van der Waals surface area contributed by atoms with Crippen molar-refractivity contribution in [1.82, 2.24) is 5.32 Å². The number of aryl methyl sites for hydroxylation is 1. The average Bonchev–Trinajstić information content (AvgIpc) is 2.42. The Hall–Kier alpha value is -2.35. The van der Waals surface area contributed by atoms with Gasteiger partial charge in [-0.1, -0.05) is 30.3 Å². The van der Waals surface area contributed by atoms with Gasteiger partial charge in [0.25, 0.3) is 0 Å². The molecule has 1 aromatic rings. The van der Waals surface area contributed by atoms with Gasteiger partial charge in [0.1, 0.15) is 6.04 Å². The summed E-state index contributed by atoms with van der Waals surface area (Å²) in [5.74, 6) is -1.42. The summed E-state index contributed by atoms with van der Waals surface area (Å²) in [6, 6.07) is 10.4. The monoisotopic (exact) mass is 260 g/mol. The third-order valence-corrected chi connectivity index (χ3v) is 2.66. The van der Waals surface area contributed by atoms with E-state index in [1.165, 1.54) is 0 Å². The van der Waals surface area contributed by atoms with Crippen molar-refractivity contribution < 1.29 is 14.7 Å². The van der Waals surface area contributed by atoms with Gasteiger partial charge in [-0.15, -0.1) is 0 Å². The lowest BCUT2D eigenvalue weighted by Crippen LogP contribution is -2.40.